The predicted octanol–water partition coefficient (Wildman–Crippen LogP) is 1.06. The summed E-state index contributed by atoms with van der Waals surface area (Å²) in [4.78, 5) is 11.7. The molecule has 0 saturated heterocycles. The van der Waals surface area contributed by atoms with Gasteiger partial charge in [0.1, 0.15) is 5.75 Å². The minimum atomic E-state index is -0.170. The highest BCUT2D eigenvalue weighted by molar-refractivity contribution is 5.78. The quantitative estimate of drug-likeness (QED) is 0.800. The number of hydrogen-bond donors (Lipinski definition) is 2. The number of nitrogens with one attached hydrogen (secondary N) is 1. The number of carbonyl (C=O) groups excluding carboxylic acids is 1. The summed E-state index contributed by atoms with van der Waals surface area (Å²) in [5.74, 6) is 0.608. The third-order valence-electron chi connectivity index (χ3n) is 3.22. The largest absolute Gasteiger partial charge is 0.484 e. The summed E-state index contributed by atoms with van der Waals surface area (Å²) in [7, 11) is 0. The summed E-state index contributed by atoms with van der Waals surface area (Å²) in [6.07, 6.45) is 3.08. The summed E-state index contributed by atoms with van der Waals surface area (Å²) < 4.78 is 5.37. The fraction of sp³-hybridized carbons (Fsp3) is 0.462. The van der Waals surface area contributed by atoms with Gasteiger partial charge in [0, 0.05) is 6.54 Å². The molecule has 2 rings (SSSR count). The summed E-state index contributed by atoms with van der Waals surface area (Å²) in [6, 6.07) is 9.32. The normalized spacial score (nSPS) is 17.0. The van der Waals surface area contributed by atoms with E-state index in [4.69, 9.17) is 10.5 Å². The first-order valence-corrected chi connectivity index (χ1v) is 5.93. The van der Waals surface area contributed by atoms with Crippen molar-refractivity contribution in [3.63, 3.8) is 0 Å². The van der Waals surface area contributed by atoms with Gasteiger partial charge in [-0.3, -0.25) is 4.79 Å². The Balaban J connectivity index is 1.78. The van der Waals surface area contributed by atoms with Crippen LogP contribution in [0.15, 0.2) is 30.3 Å². The second-order valence-corrected chi connectivity index (χ2v) is 4.49. The van der Waals surface area contributed by atoms with Crippen LogP contribution < -0.4 is 15.8 Å². The summed E-state index contributed by atoms with van der Waals surface area (Å²) in [5.41, 5.74) is 5.50. The number of para-hydroxylation sites is 1. The van der Waals surface area contributed by atoms with Crippen molar-refractivity contribution in [3.05, 3.63) is 30.3 Å². The van der Waals surface area contributed by atoms with Crippen LogP contribution in [0.2, 0.25) is 0 Å². The molecule has 1 saturated carbocycles. The lowest BCUT2D eigenvalue weighted by Gasteiger charge is -2.41. The molecule has 0 atom stereocenters. The molecule has 92 valence electrons. The van der Waals surface area contributed by atoms with E-state index in [9.17, 15) is 4.79 Å². The average Bonchev–Trinajstić information content (AvgIpc) is 2.33. The van der Waals surface area contributed by atoms with Crippen molar-refractivity contribution in [2.45, 2.75) is 24.8 Å². The number of carbonyl (C=O) groups is 1. The van der Waals surface area contributed by atoms with Crippen LogP contribution in [0.5, 0.6) is 5.75 Å². The molecule has 1 aliphatic rings. The van der Waals surface area contributed by atoms with E-state index in [0.717, 1.165) is 19.3 Å². The molecule has 0 spiro atoms. The van der Waals surface area contributed by atoms with Crippen molar-refractivity contribution >= 4 is 5.91 Å². The molecule has 0 radical (unpaired) electrons. The van der Waals surface area contributed by atoms with E-state index in [1.807, 2.05) is 30.3 Å². The molecule has 4 heteroatoms. The van der Waals surface area contributed by atoms with E-state index in [1.54, 1.807) is 0 Å². The Bertz CT molecular complexity index is 369. The highest BCUT2D eigenvalue weighted by Crippen LogP contribution is 2.30. The van der Waals surface area contributed by atoms with Gasteiger partial charge in [-0.25, -0.2) is 0 Å². The van der Waals surface area contributed by atoms with Crippen LogP contribution in [-0.4, -0.2) is 24.6 Å². The molecule has 1 aromatic carbocycles. The number of amides is 1. The van der Waals surface area contributed by atoms with Crippen LogP contribution in [0, 0.1) is 0 Å². The molecule has 1 aromatic rings. The monoisotopic (exact) mass is 234 g/mol. The summed E-state index contributed by atoms with van der Waals surface area (Å²) >= 11 is 0. The SMILES string of the molecule is NCC1(NC(=O)COc2ccccc2)CCC1. The highest BCUT2D eigenvalue weighted by atomic mass is 16.5. The van der Waals surface area contributed by atoms with Crippen molar-refractivity contribution in [3.8, 4) is 5.75 Å². The molecule has 0 bridgehead atoms. The van der Waals surface area contributed by atoms with Gasteiger partial charge in [-0.1, -0.05) is 18.2 Å². The Morgan fingerprint density at radius 1 is 1.35 bits per heavy atom. The van der Waals surface area contributed by atoms with E-state index < -0.39 is 0 Å². The number of nitrogens with two attached hydrogens (primary N) is 1. The van der Waals surface area contributed by atoms with E-state index >= 15 is 0 Å². The van der Waals surface area contributed by atoms with Gasteiger partial charge in [-0.05, 0) is 31.4 Å². The van der Waals surface area contributed by atoms with Crippen molar-refractivity contribution in [1.82, 2.24) is 5.32 Å². The first-order chi connectivity index (χ1) is 8.24. The maximum absolute atomic E-state index is 11.7. The Morgan fingerprint density at radius 3 is 2.59 bits per heavy atom. The van der Waals surface area contributed by atoms with Gasteiger partial charge < -0.3 is 15.8 Å². The standard InChI is InChI=1S/C13H18N2O2/c14-10-13(7-4-8-13)15-12(16)9-17-11-5-2-1-3-6-11/h1-3,5-6H,4,7-10,14H2,(H,15,16). The minimum Gasteiger partial charge on any atom is -0.484 e. The van der Waals surface area contributed by atoms with Gasteiger partial charge in [0.05, 0.1) is 5.54 Å². The van der Waals surface area contributed by atoms with Crippen LogP contribution >= 0.6 is 0 Å². The zero-order chi connectivity index (χ0) is 12.1. The van der Waals surface area contributed by atoms with Crippen LogP contribution in [0.3, 0.4) is 0 Å². The number of ether oxygens (including phenoxy) is 1. The molecule has 0 unspecified atom stereocenters. The molecule has 1 aliphatic carbocycles. The lowest BCUT2D eigenvalue weighted by atomic mass is 9.77. The lowest BCUT2D eigenvalue weighted by Crippen LogP contribution is -2.59. The first-order valence-electron chi connectivity index (χ1n) is 5.93. The smallest absolute Gasteiger partial charge is 0.258 e. The van der Waals surface area contributed by atoms with Crippen LogP contribution in [0.25, 0.3) is 0 Å². The van der Waals surface area contributed by atoms with Gasteiger partial charge in [0.15, 0.2) is 6.61 Å². The van der Waals surface area contributed by atoms with Crippen LogP contribution in [0.4, 0.5) is 0 Å². The van der Waals surface area contributed by atoms with Crippen LogP contribution in [0.1, 0.15) is 19.3 Å². The lowest BCUT2D eigenvalue weighted by molar-refractivity contribution is -0.126. The molecular formula is C13H18N2O2. The molecule has 4 nitrogen and oxygen atoms in total. The van der Waals surface area contributed by atoms with Gasteiger partial charge in [-0.2, -0.15) is 0 Å². The van der Waals surface area contributed by atoms with E-state index in [1.165, 1.54) is 0 Å². The minimum absolute atomic E-state index is 0.0474. The third-order valence-corrected chi connectivity index (χ3v) is 3.22. The van der Waals surface area contributed by atoms with Gasteiger partial charge in [-0.15, -0.1) is 0 Å². The highest BCUT2D eigenvalue weighted by Gasteiger charge is 2.36. The molecule has 1 fully saturated rings. The molecule has 1 amide bonds. The molecule has 0 heterocycles. The average molecular weight is 234 g/mol. The fourth-order valence-electron chi connectivity index (χ4n) is 1.98. The van der Waals surface area contributed by atoms with E-state index in [-0.39, 0.29) is 18.1 Å². The van der Waals surface area contributed by atoms with E-state index in [0.29, 0.717) is 12.3 Å². The van der Waals surface area contributed by atoms with Gasteiger partial charge in [0.25, 0.3) is 5.91 Å². The second kappa shape index (κ2) is 5.19. The topological polar surface area (TPSA) is 64.3 Å². The number of rotatable bonds is 5. The maximum atomic E-state index is 11.7. The first kappa shape index (κ1) is 11.9. The van der Waals surface area contributed by atoms with E-state index in [2.05, 4.69) is 5.32 Å². The molecule has 3 N–H and O–H groups in total. The Hall–Kier alpha value is -1.55. The Labute approximate surface area is 101 Å². The zero-order valence-electron chi connectivity index (χ0n) is 9.82. The third kappa shape index (κ3) is 2.97. The zero-order valence-corrected chi connectivity index (χ0v) is 9.82. The number of hydrogen-bond acceptors (Lipinski definition) is 3. The Morgan fingerprint density at radius 2 is 2.06 bits per heavy atom. The molecule has 0 aromatic heterocycles. The number of benzene rings is 1. The fourth-order valence-corrected chi connectivity index (χ4v) is 1.98. The maximum Gasteiger partial charge on any atom is 0.258 e. The van der Waals surface area contributed by atoms with Crippen LogP contribution in [-0.2, 0) is 4.79 Å². The molecule has 0 aliphatic heterocycles. The molecular weight excluding hydrogens is 216 g/mol. The van der Waals surface area contributed by atoms with Gasteiger partial charge >= 0.3 is 0 Å². The van der Waals surface area contributed by atoms with Crippen molar-refractivity contribution in [1.29, 1.82) is 0 Å². The molecule has 17 heavy (non-hydrogen) atoms. The second-order valence-electron chi connectivity index (χ2n) is 4.49. The van der Waals surface area contributed by atoms with Crippen molar-refractivity contribution in [2.24, 2.45) is 5.73 Å². The summed E-state index contributed by atoms with van der Waals surface area (Å²) in [6.45, 7) is 0.551. The van der Waals surface area contributed by atoms with Crippen molar-refractivity contribution < 1.29 is 9.53 Å². The predicted molar refractivity (Wildman–Crippen MR) is 65.7 cm³/mol. The Kier molecular flexibility index (Phi) is 3.64. The summed E-state index contributed by atoms with van der Waals surface area (Å²) in [5, 5.41) is 2.96. The van der Waals surface area contributed by atoms with Crippen molar-refractivity contribution in [2.75, 3.05) is 13.2 Å². The van der Waals surface area contributed by atoms with Gasteiger partial charge in [0.2, 0.25) is 0 Å².